The number of nitrogens with one attached hydrogen (secondary N) is 2. The molecule has 2 heterocycles. The zero-order valence-electron chi connectivity index (χ0n) is 12.9. The van der Waals surface area contributed by atoms with Crippen LogP contribution in [0, 0.1) is 5.92 Å². The van der Waals surface area contributed by atoms with E-state index in [0.717, 1.165) is 27.2 Å². The minimum atomic E-state index is 0.0767. The molecular formula is C17H21ClN2O2. The summed E-state index contributed by atoms with van der Waals surface area (Å²) in [7, 11) is 0. The Kier molecular flexibility index (Phi) is 4.41. The Bertz CT molecular complexity index is 689. The van der Waals surface area contributed by atoms with E-state index >= 15 is 0 Å². The standard InChI is InChI=1S/C17H21ClN2O2/c1-10(2)14-6-16-12(5-15(14)18)4-13(20-16)7-19-17(21)3-11-8-22-9-11/h4-6,10-11,20H,3,7-9H2,1-2H3,(H,19,21). The number of fused-ring (bicyclic) bond motifs is 1. The van der Waals surface area contributed by atoms with Gasteiger partial charge in [0.15, 0.2) is 0 Å². The van der Waals surface area contributed by atoms with Crippen LogP contribution in [-0.4, -0.2) is 24.1 Å². The van der Waals surface area contributed by atoms with Crippen LogP contribution in [0.4, 0.5) is 0 Å². The Morgan fingerprint density at radius 2 is 2.18 bits per heavy atom. The van der Waals surface area contributed by atoms with Gasteiger partial charge in [-0.05, 0) is 29.7 Å². The molecule has 22 heavy (non-hydrogen) atoms. The highest BCUT2D eigenvalue weighted by atomic mass is 35.5. The number of H-pyrrole nitrogens is 1. The molecule has 2 N–H and O–H groups in total. The van der Waals surface area contributed by atoms with Gasteiger partial charge in [-0.3, -0.25) is 4.79 Å². The summed E-state index contributed by atoms with van der Waals surface area (Å²) in [5, 5.41) is 4.82. The van der Waals surface area contributed by atoms with Gasteiger partial charge in [0.1, 0.15) is 0 Å². The third-order valence-electron chi connectivity index (χ3n) is 4.07. The summed E-state index contributed by atoms with van der Waals surface area (Å²) in [6.07, 6.45) is 0.545. The van der Waals surface area contributed by atoms with Crippen LogP contribution in [0.3, 0.4) is 0 Å². The van der Waals surface area contributed by atoms with Crippen molar-refractivity contribution in [3.8, 4) is 0 Å². The van der Waals surface area contributed by atoms with Crippen LogP contribution in [0.15, 0.2) is 18.2 Å². The number of hydrogen-bond donors (Lipinski definition) is 2. The number of ether oxygens (including phenoxy) is 1. The molecule has 2 aromatic rings. The molecule has 1 aromatic carbocycles. The average Bonchev–Trinajstić information content (AvgIpc) is 2.81. The normalized spacial score (nSPS) is 15.3. The van der Waals surface area contributed by atoms with Crippen molar-refractivity contribution in [2.75, 3.05) is 13.2 Å². The Morgan fingerprint density at radius 3 is 2.82 bits per heavy atom. The first-order valence-electron chi connectivity index (χ1n) is 7.68. The van der Waals surface area contributed by atoms with Gasteiger partial charge in [-0.15, -0.1) is 0 Å². The number of amides is 1. The largest absolute Gasteiger partial charge is 0.381 e. The average molecular weight is 321 g/mol. The SMILES string of the molecule is CC(C)c1cc2[nH]c(CNC(=O)CC3COC3)cc2cc1Cl. The quantitative estimate of drug-likeness (QED) is 0.884. The lowest BCUT2D eigenvalue weighted by Crippen LogP contribution is -2.34. The van der Waals surface area contributed by atoms with Crippen molar-refractivity contribution in [3.05, 3.63) is 34.5 Å². The number of carbonyl (C=O) groups excluding carboxylic acids is 1. The molecule has 1 aromatic heterocycles. The van der Waals surface area contributed by atoms with Crippen molar-refractivity contribution < 1.29 is 9.53 Å². The topological polar surface area (TPSA) is 54.1 Å². The summed E-state index contributed by atoms with van der Waals surface area (Å²) in [6.45, 7) is 6.17. The summed E-state index contributed by atoms with van der Waals surface area (Å²) < 4.78 is 5.08. The van der Waals surface area contributed by atoms with Gasteiger partial charge in [-0.2, -0.15) is 0 Å². The second-order valence-corrected chi connectivity index (χ2v) is 6.70. The van der Waals surface area contributed by atoms with Crippen molar-refractivity contribution >= 4 is 28.4 Å². The van der Waals surface area contributed by atoms with E-state index in [1.54, 1.807) is 0 Å². The highest BCUT2D eigenvalue weighted by molar-refractivity contribution is 6.32. The van der Waals surface area contributed by atoms with Gasteiger partial charge in [0, 0.05) is 34.0 Å². The molecule has 1 aliphatic heterocycles. The lowest BCUT2D eigenvalue weighted by atomic mass is 10.0. The Balaban J connectivity index is 1.67. The van der Waals surface area contributed by atoms with E-state index < -0.39 is 0 Å². The van der Waals surface area contributed by atoms with Gasteiger partial charge >= 0.3 is 0 Å². The fourth-order valence-corrected chi connectivity index (χ4v) is 3.09. The third kappa shape index (κ3) is 3.28. The van der Waals surface area contributed by atoms with Gasteiger partial charge in [0.05, 0.1) is 19.8 Å². The fraction of sp³-hybridized carbons (Fsp3) is 0.471. The lowest BCUT2D eigenvalue weighted by Gasteiger charge is -2.25. The van der Waals surface area contributed by atoms with Crippen molar-refractivity contribution in [3.63, 3.8) is 0 Å². The molecule has 1 fully saturated rings. The van der Waals surface area contributed by atoms with Crippen LogP contribution >= 0.6 is 11.6 Å². The summed E-state index contributed by atoms with van der Waals surface area (Å²) in [6, 6.07) is 6.12. The molecule has 1 saturated heterocycles. The summed E-state index contributed by atoms with van der Waals surface area (Å²) in [5.41, 5.74) is 3.19. The summed E-state index contributed by atoms with van der Waals surface area (Å²) >= 11 is 6.32. The molecule has 4 nitrogen and oxygen atoms in total. The van der Waals surface area contributed by atoms with Crippen molar-refractivity contribution in [2.45, 2.75) is 32.7 Å². The maximum Gasteiger partial charge on any atom is 0.220 e. The molecule has 0 aliphatic carbocycles. The van der Waals surface area contributed by atoms with Crippen molar-refractivity contribution in [1.82, 2.24) is 10.3 Å². The van der Waals surface area contributed by atoms with Gasteiger partial charge in [0.2, 0.25) is 5.91 Å². The number of hydrogen-bond acceptors (Lipinski definition) is 2. The summed E-state index contributed by atoms with van der Waals surface area (Å²) in [5.74, 6) is 0.844. The highest BCUT2D eigenvalue weighted by Gasteiger charge is 2.21. The number of aromatic amines is 1. The first kappa shape index (κ1) is 15.4. The minimum absolute atomic E-state index is 0.0767. The molecule has 0 radical (unpaired) electrons. The van der Waals surface area contributed by atoms with Gasteiger partial charge in [-0.25, -0.2) is 0 Å². The second kappa shape index (κ2) is 6.31. The lowest BCUT2D eigenvalue weighted by molar-refractivity contribution is -0.126. The van der Waals surface area contributed by atoms with Crippen LogP contribution in [0.2, 0.25) is 5.02 Å². The fourth-order valence-electron chi connectivity index (χ4n) is 2.70. The second-order valence-electron chi connectivity index (χ2n) is 6.29. The molecule has 0 saturated carbocycles. The molecule has 0 spiro atoms. The molecule has 3 rings (SSSR count). The number of rotatable bonds is 5. The minimum Gasteiger partial charge on any atom is -0.381 e. The zero-order valence-corrected chi connectivity index (χ0v) is 13.7. The molecule has 118 valence electrons. The van der Waals surface area contributed by atoms with Crippen molar-refractivity contribution in [2.24, 2.45) is 5.92 Å². The Labute approximate surface area is 135 Å². The van der Waals surface area contributed by atoms with Gasteiger partial charge in [-0.1, -0.05) is 25.4 Å². The van der Waals surface area contributed by atoms with E-state index in [2.05, 4.69) is 30.2 Å². The van der Waals surface area contributed by atoms with Crippen LogP contribution in [-0.2, 0) is 16.1 Å². The van der Waals surface area contributed by atoms with Crippen LogP contribution < -0.4 is 5.32 Å². The zero-order chi connectivity index (χ0) is 15.7. The van der Waals surface area contributed by atoms with Crippen LogP contribution in [0.1, 0.15) is 37.4 Å². The third-order valence-corrected chi connectivity index (χ3v) is 4.40. The van der Waals surface area contributed by atoms with E-state index in [0.29, 0.717) is 38.0 Å². The number of benzene rings is 1. The van der Waals surface area contributed by atoms with E-state index in [1.165, 1.54) is 0 Å². The first-order chi connectivity index (χ1) is 10.5. The number of halogens is 1. The molecule has 0 atom stereocenters. The van der Waals surface area contributed by atoms with Crippen LogP contribution in [0.5, 0.6) is 0 Å². The smallest absolute Gasteiger partial charge is 0.220 e. The first-order valence-corrected chi connectivity index (χ1v) is 8.06. The number of carbonyl (C=O) groups is 1. The number of aromatic nitrogens is 1. The Hall–Kier alpha value is -1.52. The maximum atomic E-state index is 11.8. The molecule has 1 amide bonds. The van der Waals surface area contributed by atoms with Gasteiger partial charge in [0.25, 0.3) is 0 Å². The molecule has 0 bridgehead atoms. The van der Waals surface area contributed by atoms with Gasteiger partial charge < -0.3 is 15.0 Å². The maximum absolute atomic E-state index is 11.8. The van der Waals surface area contributed by atoms with Crippen molar-refractivity contribution in [1.29, 1.82) is 0 Å². The summed E-state index contributed by atoms with van der Waals surface area (Å²) in [4.78, 5) is 15.2. The van der Waals surface area contributed by atoms with E-state index in [4.69, 9.17) is 16.3 Å². The van der Waals surface area contributed by atoms with E-state index in [-0.39, 0.29) is 5.91 Å². The Morgan fingerprint density at radius 1 is 1.41 bits per heavy atom. The molecule has 0 unspecified atom stereocenters. The highest BCUT2D eigenvalue weighted by Crippen LogP contribution is 2.29. The molecule has 1 aliphatic rings. The predicted octanol–water partition coefficient (Wildman–Crippen LogP) is 3.60. The van der Waals surface area contributed by atoms with E-state index in [1.807, 2.05) is 12.1 Å². The van der Waals surface area contributed by atoms with E-state index in [9.17, 15) is 4.79 Å². The molecular weight excluding hydrogens is 300 g/mol. The monoisotopic (exact) mass is 320 g/mol. The molecule has 5 heteroatoms. The van der Waals surface area contributed by atoms with Crippen LogP contribution in [0.25, 0.3) is 10.9 Å². The predicted molar refractivity (Wildman–Crippen MR) is 88.2 cm³/mol.